The van der Waals surface area contributed by atoms with Crippen molar-refractivity contribution < 1.29 is 4.79 Å². The number of pyridine rings is 1. The summed E-state index contributed by atoms with van der Waals surface area (Å²) in [6.07, 6.45) is 14.8. The number of amides is 1. The molecule has 0 aromatic carbocycles. The highest BCUT2D eigenvalue weighted by Gasteiger charge is 2.44. The number of likely N-dealkylation sites (tertiary alicyclic amines) is 1. The molecule has 6 rings (SSSR count). The molecule has 3 aliphatic rings. The second-order valence-corrected chi connectivity index (χ2v) is 9.04. The molecule has 1 atom stereocenters. The molecular weight excluding hydrogens is 364 g/mol. The molecule has 1 amide bonds. The van der Waals surface area contributed by atoms with Crippen LogP contribution >= 0.6 is 0 Å². The Kier molecular flexibility index (Phi) is 3.79. The van der Waals surface area contributed by atoms with E-state index >= 15 is 0 Å². The number of rotatable bonds is 2. The van der Waals surface area contributed by atoms with Crippen LogP contribution in [0.25, 0.3) is 11.2 Å². The Labute approximate surface area is 169 Å². The lowest BCUT2D eigenvalue weighted by molar-refractivity contribution is 0.0632. The summed E-state index contributed by atoms with van der Waals surface area (Å²) in [6.45, 7) is 1.56. The van der Waals surface area contributed by atoms with Gasteiger partial charge in [-0.3, -0.25) is 9.89 Å². The van der Waals surface area contributed by atoms with Crippen LogP contribution in [0.5, 0.6) is 0 Å². The number of nitrogens with zero attached hydrogens (tertiary/aromatic N) is 5. The second kappa shape index (κ2) is 6.40. The first-order chi connectivity index (χ1) is 14.2. The third kappa shape index (κ3) is 2.63. The Morgan fingerprint density at radius 1 is 1.14 bits per heavy atom. The molecule has 2 fully saturated rings. The molecule has 4 heterocycles. The Balaban J connectivity index is 1.27. The van der Waals surface area contributed by atoms with Gasteiger partial charge in [0.25, 0.3) is 5.91 Å². The Morgan fingerprint density at radius 2 is 2.03 bits per heavy atom. The van der Waals surface area contributed by atoms with E-state index in [2.05, 4.69) is 24.7 Å². The number of carbonyl (C=O) groups is 1. The third-order valence-corrected chi connectivity index (χ3v) is 7.36. The minimum atomic E-state index is 0.0430. The van der Waals surface area contributed by atoms with Crippen LogP contribution < -0.4 is 0 Å². The molecule has 29 heavy (non-hydrogen) atoms. The van der Waals surface area contributed by atoms with E-state index in [1.807, 2.05) is 23.5 Å². The quantitative estimate of drug-likeness (QED) is 0.727. The van der Waals surface area contributed by atoms with Gasteiger partial charge < -0.3 is 9.47 Å². The van der Waals surface area contributed by atoms with E-state index in [0.717, 1.165) is 49.9 Å². The molecule has 3 aromatic rings. The van der Waals surface area contributed by atoms with E-state index in [1.54, 1.807) is 6.20 Å². The summed E-state index contributed by atoms with van der Waals surface area (Å²) in [5.74, 6) is 0.0712. The zero-order valence-electron chi connectivity index (χ0n) is 16.6. The number of hydrogen-bond donors (Lipinski definition) is 1. The summed E-state index contributed by atoms with van der Waals surface area (Å²) < 4.78 is 2.20. The van der Waals surface area contributed by atoms with Gasteiger partial charge in [-0.15, -0.1) is 0 Å². The number of nitrogens with one attached hydrogen (secondary N) is 1. The van der Waals surface area contributed by atoms with Crippen molar-refractivity contribution in [3.05, 3.63) is 41.6 Å². The standard InChI is InChI=1S/C22H26N6O/c29-21(27-9-3-7-22(13-27)8-6-15-12-25-26-19(15)22)16-10-18-20(23-11-16)28(14-24-18)17-4-1-2-5-17/h10-12,14,17H,1-9,13H2,(H,25,26). The van der Waals surface area contributed by atoms with Crippen molar-refractivity contribution in [1.82, 2.24) is 29.6 Å². The molecule has 1 saturated carbocycles. The number of imidazole rings is 1. The van der Waals surface area contributed by atoms with Gasteiger partial charge in [-0.25, -0.2) is 9.97 Å². The van der Waals surface area contributed by atoms with Gasteiger partial charge in [-0.05, 0) is 50.2 Å². The summed E-state index contributed by atoms with van der Waals surface area (Å²) in [7, 11) is 0. The van der Waals surface area contributed by atoms with Crippen LogP contribution in [0.3, 0.4) is 0 Å². The smallest absolute Gasteiger partial charge is 0.255 e. The highest BCUT2D eigenvalue weighted by Crippen LogP contribution is 2.44. The summed E-state index contributed by atoms with van der Waals surface area (Å²) in [5.41, 5.74) is 4.99. The van der Waals surface area contributed by atoms with E-state index in [9.17, 15) is 4.79 Å². The fourth-order valence-corrected chi connectivity index (χ4v) is 5.84. The van der Waals surface area contributed by atoms with Crippen LogP contribution in [-0.4, -0.2) is 48.6 Å². The molecule has 1 unspecified atom stereocenters. The maximum Gasteiger partial charge on any atom is 0.255 e. The lowest BCUT2D eigenvalue weighted by Gasteiger charge is -2.40. The summed E-state index contributed by atoms with van der Waals surface area (Å²) in [6, 6.07) is 2.43. The minimum absolute atomic E-state index is 0.0430. The molecule has 7 nitrogen and oxygen atoms in total. The first kappa shape index (κ1) is 17.2. The Morgan fingerprint density at radius 3 is 2.93 bits per heavy atom. The second-order valence-electron chi connectivity index (χ2n) is 9.04. The monoisotopic (exact) mass is 390 g/mol. The van der Waals surface area contributed by atoms with E-state index in [-0.39, 0.29) is 11.3 Å². The molecule has 150 valence electrons. The van der Waals surface area contributed by atoms with Crippen LogP contribution in [0.1, 0.15) is 72.6 Å². The van der Waals surface area contributed by atoms with E-state index in [4.69, 9.17) is 0 Å². The summed E-state index contributed by atoms with van der Waals surface area (Å²) in [5, 5.41) is 7.46. The van der Waals surface area contributed by atoms with Gasteiger partial charge in [0.15, 0.2) is 5.65 Å². The van der Waals surface area contributed by atoms with Crippen molar-refractivity contribution in [2.45, 2.75) is 62.8 Å². The molecular formula is C22H26N6O. The zero-order valence-corrected chi connectivity index (χ0v) is 16.6. The predicted octanol–water partition coefficient (Wildman–Crippen LogP) is 3.39. The van der Waals surface area contributed by atoms with E-state index in [0.29, 0.717) is 11.6 Å². The van der Waals surface area contributed by atoms with Crippen LogP contribution in [0.4, 0.5) is 0 Å². The molecule has 1 aliphatic heterocycles. The van der Waals surface area contributed by atoms with Gasteiger partial charge >= 0.3 is 0 Å². The number of H-pyrrole nitrogens is 1. The predicted molar refractivity (Wildman–Crippen MR) is 109 cm³/mol. The molecule has 1 N–H and O–H groups in total. The fraction of sp³-hybridized carbons (Fsp3) is 0.545. The van der Waals surface area contributed by atoms with Gasteiger partial charge in [0.1, 0.15) is 5.52 Å². The third-order valence-electron chi connectivity index (χ3n) is 7.36. The fourth-order valence-electron chi connectivity index (χ4n) is 5.84. The number of piperidine rings is 1. The number of hydrogen-bond acceptors (Lipinski definition) is 4. The van der Waals surface area contributed by atoms with Crippen LogP contribution in [0, 0.1) is 0 Å². The maximum atomic E-state index is 13.3. The molecule has 1 spiro atoms. The molecule has 2 aliphatic carbocycles. The Hall–Kier alpha value is -2.70. The highest BCUT2D eigenvalue weighted by atomic mass is 16.2. The average Bonchev–Trinajstić information content (AvgIpc) is 3.53. The Bertz CT molecular complexity index is 1080. The first-order valence-electron chi connectivity index (χ1n) is 10.9. The topological polar surface area (TPSA) is 79.7 Å². The number of aryl methyl sites for hydroxylation is 1. The van der Waals surface area contributed by atoms with Gasteiger partial charge in [0, 0.05) is 36.4 Å². The molecule has 1 saturated heterocycles. The first-order valence-corrected chi connectivity index (χ1v) is 10.9. The molecule has 7 heteroatoms. The largest absolute Gasteiger partial charge is 0.338 e. The summed E-state index contributed by atoms with van der Waals surface area (Å²) >= 11 is 0. The van der Waals surface area contributed by atoms with Gasteiger partial charge in [0.05, 0.1) is 18.1 Å². The van der Waals surface area contributed by atoms with Crippen molar-refractivity contribution >= 4 is 17.1 Å². The highest BCUT2D eigenvalue weighted by molar-refractivity contribution is 5.96. The minimum Gasteiger partial charge on any atom is -0.338 e. The number of aromatic nitrogens is 5. The van der Waals surface area contributed by atoms with E-state index < -0.39 is 0 Å². The lowest BCUT2D eigenvalue weighted by atomic mass is 9.77. The van der Waals surface area contributed by atoms with Crippen molar-refractivity contribution in [3.63, 3.8) is 0 Å². The van der Waals surface area contributed by atoms with Gasteiger partial charge in [0.2, 0.25) is 0 Å². The SMILES string of the molecule is O=C(c1cnc2c(c1)ncn2C1CCCC1)N1CCCC2(CCc3cn[nH]c32)C1. The molecule has 0 radical (unpaired) electrons. The van der Waals surface area contributed by atoms with E-state index in [1.165, 1.54) is 36.9 Å². The molecule has 0 bridgehead atoms. The normalized spacial score (nSPS) is 24.6. The number of carbonyl (C=O) groups excluding carboxylic acids is 1. The number of fused-ring (bicyclic) bond motifs is 3. The summed E-state index contributed by atoms with van der Waals surface area (Å²) in [4.78, 5) is 24.5. The van der Waals surface area contributed by atoms with Gasteiger partial charge in [-0.1, -0.05) is 12.8 Å². The van der Waals surface area contributed by atoms with Crippen LogP contribution in [0.2, 0.25) is 0 Å². The van der Waals surface area contributed by atoms with Crippen molar-refractivity contribution in [2.75, 3.05) is 13.1 Å². The van der Waals surface area contributed by atoms with Crippen molar-refractivity contribution in [2.24, 2.45) is 0 Å². The van der Waals surface area contributed by atoms with Gasteiger partial charge in [-0.2, -0.15) is 5.10 Å². The van der Waals surface area contributed by atoms with Crippen molar-refractivity contribution in [3.8, 4) is 0 Å². The van der Waals surface area contributed by atoms with Crippen molar-refractivity contribution in [1.29, 1.82) is 0 Å². The average molecular weight is 390 g/mol. The van der Waals surface area contributed by atoms with Crippen LogP contribution in [0.15, 0.2) is 24.8 Å². The molecule has 3 aromatic heterocycles. The van der Waals surface area contributed by atoms with Crippen LogP contribution in [-0.2, 0) is 11.8 Å². The lowest BCUT2D eigenvalue weighted by Crippen LogP contribution is -2.47. The zero-order chi connectivity index (χ0) is 19.4. The number of aromatic amines is 1. The maximum absolute atomic E-state index is 13.3.